The zero-order chi connectivity index (χ0) is 11.5. The molecule has 1 aromatic carbocycles. The highest BCUT2D eigenvalue weighted by atomic mass is 32.2. The number of hydrogen-bond acceptors (Lipinski definition) is 3. The summed E-state index contributed by atoms with van der Waals surface area (Å²) in [5.74, 6) is -0.0412. The third kappa shape index (κ3) is 3.32. The van der Waals surface area contributed by atoms with Crippen LogP contribution in [0, 0.1) is 5.41 Å². The molecule has 15 heavy (non-hydrogen) atoms. The van der Waals surface area contributed by atoms with Crippen LogP contribution in [0.5, 0.6) is 0 Å². The molecule has 1 rings (SSSR count). The van der Waals surface area contributed by atoms with E-state index >= 15 is 0 Å². The van der Waals surface area contributed by atoms with Gasteiger partial charge in [-0.2, -0.15) is 0 Å². The minimum atomic E-state index is -3.29. The van der Waals surface area contributed by atoms with Gasteiger partial charge in [0, 0.05) is 12.0 Å². The van der Waals surface area contributed by atoms with Gasteiger partial charge in [0.1, 0.15) is 0 Å². The van der Waals surface area contributed by atoms with Crippen molar-refractivity contribution in [2.45, 2.75) is 18.7 Å². The lowest BCUT2D eigenvalue weighted by atomic mass is 9.98. The molecule has 84 valence electrons. The Bertz CT molecular complexity index is 407. The standard InChI is InChI=1S/C11H16O3S/c1-11(2,8-12)9-15(13,14)10-6-4-3-5-7-10/h3-7,12H,8-9H2,1-2H3. The first-order chi connectivity index (χ1) is 6.87. The molecule has 0 aliphatic heterocycles. The predicted molar refractivity (Wildman–Crippen MR) is 59.4 cm³/mol. The van der Waals surface area contributed by atoms with Crippen molar-refractivity contribution in [3.8, 4) is 0 Å². The molecule has 0 bridgehead atoms. The Hall–Kier alpha value is -0.870. The van der Waals surface area contributed by atoms with E-state index in [0.717, 1.165) is 0 Å². The summed E-state index contributed by atoms with van der Waals surface area (Å²) in [5.41, 5.74) is -0.603. The lowest BCUT2D eigenvalue weighted by Gasteiger charge is -2.21. The van der Waals surface area contributed by atoms with Crippen molar-refractivity contribution in [3.05, 3.63) is 30.3 Å². The van der Waals surface area contributed by atoms with Gasteiger partial charge in [-0.05, 0) is 12.1 Å². The van der Waals surface area contributed by atoms with E-state index in [-0.39, 0.29) is 12.4 Å². The first-order valence-electron chi connectivity index (χ1n) is 4.76. The van der Waals surface area contributed by atoms with Gasteiger partial charge in [-0.3, -0.25) is 0 Å². The molecule has 0 aromatic heterocycles. The third-order valence-corrected chi connectivity index (χ3v) is 4.26. The highest BCUT2D eigenvalue weighted by Gasteiger charge is 2.26. The molecular weight excluding hydrogens is 212 g/mol. The zero-order valence-corrected chi connectivity index (χ0v) is 9.79. The highest BCUT2D eigenvalue weighted by Crippen LogP contribution is 2.21. The Labute approximate surface area is 90.7 Å². The summed E-state index contributed by atoms with van der Waals surface area (Å²) >= 11 is 0. The van der Waals surface area contributed by atoms with Crippen LogP contribution in [-0.4, -0.2) is 25.9 Å². The number of sulfone groups is 1. The summed E-state index contributed by atoms with van der Waals surface area (Å²) < 4.78 is 23.8. The number of aliphatic hydroxyl groups is 1. The quantitative estimate of drug-likeness (QED) is 0.849. The molecule has 0 fully saturated rings. The van der Waals surface area contributed by atoms with Crippen LogP contribution in [0.25, 0.3) is 0 Å². The summed E-state index contributed by atoms with van der Waals surface area (Å²) in [4.78, 5) is 0.312. The maximum Gasteiger partial charge on any atom is 0.178 e. The van der Waals surface area contributed by atoms with Crippen LogP contribution < -0.4 is 0 Å². The van der Waals surface area contributed by atoms with Gasteiger partial charge in [-0.15, -0.1) is 0 Å². The van der Waals surface area contributed by atoms with Crippen molar-refractivity contribution in [3.63, 3.8) is 0 Å². The molecule has 4 heteroatoms. The highest BCUT2D eigenvalue weighted by molar-refractivity contribution is 7.91. The fourth-order valence-electron chi connectivity index (χ4n) is 1.27. The second-order valence-corrected chi connectivity index (χ2v) is 6.38. The maximum atomic E-state index is 11.9. The lowest BCUT2D eigenvalue weighted by Crippen LogP contribution is -2.27. The van der Waals surface area contributed by atoms with Crippen molar-refractivity contribution < 1.29 is 13.5 Å². The summed E-state index contributed by atoms with van der Waals surface area (Å²) in [6, 6.07) is 8.30. The lowest BCUT2D eigenvalue weighted by molar-refractivity contribution is 0.179. The topological polar surface area (TPSA) is 54.4 Å². The minimum Gasteiger partial charge on any atom is -0.396 e. The molecule has 1 N–H and O–H groups in total. The Kier molecular flexibility index (Phi) is 3.52. The summed E-state index contributed by atoms with van der Waals surface area (Å²) in [5, 5.41) is 9.04. The minimum absolute atomic E-state index is 0.0412. The van der Waals surface area contributed by atoms with Gasteiger partial charge in [0.25, 0.3) is 0 Å². The smallest absolute Gasteiger partial charge is 0.178 e. The van der Waals surface area contributed by atoms with E-state index in [0.29, 0.717) is 4.90 Å². The van der Waals surface area contributed by atoms with Crippen LogP contribution in [0.3, 0.4) is 0 Å². The van der Waals surface area contributed by atoms with Crippen molar-refractivity contribution >= 4 is 9.84 Å². The molecule has 0 aliphatic carbocycles. The van der Waals surface area contributed by atoms with Crippen LogP contribution in [0.15, 0.2) is 35.2 Å². The van der Waals surface area contributed by atoms with Gasteiger partial charge in [0.05, 0.1) is 10.6 Å². The van der Waals surface area contributed by atoms with E-state index in [1.807, 2.05) is 0 Å². The van der Waals surface area contributed by atoms with Crippen LogP contribution in [-0.2, 0) is 9.84 Å². The average Bonchev–Trinajstić information content (AvgIpc) is 2.18. The SMILES string of the molecule is CC(C)(CO)CS(=O)(=O)c1ccccc1. The monoisotopic (exact) mass is 228 g/mol. The van der Waals surface area contributed by atoms with Crippen molar-refractivity contribution in [1.29, 1.82) is 0 Å². The van der Waals surface area contributed by atoms with Crippen molar-refractivity contribution in [2.24, 2.45) is 5.41 Å². The van der Waals surface area contributed by atoms with Gasteiger partial charge in [0.15, 0.2) is 9.84 Å². The molecular formula is C11H16O3S. The van der Waals surface area contributed by atoms with Gasteiger partial charge >= 0.3 is 0 Å². The van der Waals surface area contributed by atoms with E-state index in [4.69, 9.17) is 5.11 Å². The fraction of sp³-hybridized carbons (Fsp3) is 0.455. The Morgan fingerprint density at radius 3 is 2.20 bits per heavy atom. The second kappa shape index (κ2) is 4.33. The molecule has 0 unspecified atom stereocenters. The first kappa shape index (κ1) is 12.2. The van der Waals surface area contributed by atoms with Crippen LogP contribution in [0.1, 0.15) is 13.8 Å². The van der Waals surface area contributed by atoms with Crippen LogP contribution >= 0.6 is 0 Å². The van der Waals surface area contributed by atoms with Gasteiger partial charge < -0.3 is 5.11 Å². The van der Waals surface area contributed by atoms with Crippen LogP contribution in [0.2, 0.25) is 0 Å². The normalized spacial score (nSPS) is 12.7. The molecule has 0 aliphatic rings. The van der Waals surface area contributed by atoms with Crippen molar-refractivity contribution in [1.82, 2.24) is 0 Å². The van der Waals surface area contributed by atoms with E-state index in [1.165, 1.54) is 0 Å². The zero-order valence-electron chi connectivity index (χ0n) is 8.97. The number of benzene rings is 1. The molecule has 0 heterocycles. The Morgan fingerprint density at radius 1 is 1.20 bits per heavy atom. The van der Waals surface area contributed by atoms with E-state index in [1.54, 1.807) is 44.2 Å². The van der Waals surface area contributed by atoms with Gasteiger partial charge in [0.2, 0.25) is 0 Å². The summed E-state index contributed by atoms with van der Waals surface area (Å²) in [6.45, 7) is 3.32. The van der Waals surface area contributed by atoms with E-state index in [2.05, 4.69) is 0 Å². The molecule has 0 amide bonds. The second-order valence-electron chi connectivity index (χ2n) is 4.39. The Balaban J connectivity index is 2.96. The van der Waals surface area contributed by atoms with Crippen molar-refractivity contribution in [2.75, 3.05) is 12.4 Å². The fourth-order valence-corrected chi connectivity index (χ4v) is 3.13. The molecule has 3 nitrogen and oxygen atoms in total. The molecule has 0 saturated heterocycles. The molecule has 0 saturated carbocycles. The molecule has 0 radical (unpaired) electrons. The van der Waals surface area contributed by atoms with E-state index < -0.39 is 15.3 Å². The number of hydrogen-bond donors (Lipinski definition) is 1. The average molecular weight is 228 g/mol. The number of rotatable bonds is 4. The number of aliphatic hydroxyl groups excluding tert-OH is 1. The van der Waals surface area contributed by atoms with Gasteiger partial charge in [-0.25, -0.2) is 8.42 Å². The van der Waals surface area contributed by atoms with Gasteiger partial charge in [-0.1, -0.05) is 32.0 Å². The predicted octanol–water partition coefficient (Wildman–Crippen LogP) is 1.48. The molecule has 0 spiro atoms. The van der Waals surface area contributed by atoms with E-state index in [9.17, 15) is 8.42 Å². The summed E-state index contributed by atoms with van der Waals surface area (Å²) in [7, 11) is -3.29. The maximum absolute atomic E-state index is 11.9. The first-order valence-corrected chi connectivity index (χ1v) is 6.41. The molecule has 0 atom stereocenters. The summed E-state index contributed by atoms with van der Waals surface area (Å²) in [6.07, 6.45) is 0. The third-order valence-electron chi connectivity index (χ3n) is 2.11. The Morgan fingerprint density at radius 2 is 1.73 bits per heavy atom. The molecule has 1 aromatic rings. The largest absolute Gasteiger partial charge is 0.396 e. The van der Waals surface area contributed by atoms with Crippen LogP contribution in [0.4, 0.5) is 0 Å².